The average molecular weight is 570 g/mol. The molecule has 0 saturated carbocycles. The predicted octanol–water partition coefficient (Wildman–Crippen LogP) is 1.64. The van der Waals surface area contributed by atoms with Gasteiger partial charge in [-0.3, -0.25) is 0 Å². The van der Waals surface area contributed by atoms with Gasteiger partial charge in [-0.1, -0.05) is 12.1 Å². The van der Waals surface area contributed by atoms with Gasteiger partial charge in [0.1, 0.15) is 35.2 Å². The Kier molecular flexibility index (Phi) is 15.6. The number of aromatic hydroxyl groups is 2. The molecular formula is C29H44B2N2O8. The van der Waals surface area contributed by atoms with Crippen LogP contribution in [0.3, 0.4) is 0 Å². The SMILES string of the molecule is CB(O)N(CCCO)CC1CCc2ccc(O)cc2O1.OCCCNCC1CCc2ccc(O)cc2O1.[B]C(C)=O. The van der Waals surface area contributed by atoms with E-state index in [-0.39, 0.29) is 42.6 Å². The Morgan fingerprint density at radius 3 is 2.00 bits per heavy atom. The molecule has 2 aliphatic rings. The molecule has 2 atom stereocenters. The molecule has 0 bridgehead atoms. The Bertz CT molecular complexity index is 1060. The summed E-state index contributed by atoms with van der Waals surface area (Å²) in [7, 11) is 3.91. The number of phenolic OH excluding ortho intramolecular Hbond substituents is 2. The Hall–Kier alpha value is -2.76. The minimum absolute atomic E-state index is 0.00223. The van der Waals surface area contributed by atoms with Crippen LogP contribution in [-0.4, -0.2) is 102 Å². The highest BCUT2D eigenvalue weighted by Gasteiger charge is 2.25. The van der Waals surface area contributed by atoms with Gasteiger partial charge in [-0.15, -0.1) is 0 Å². The fraction of sp³-hybridized carbons (Fsp3) is 0.552. The van der Waals surface area contributed by atoms with Crippen LogP contribution in [0.15, 0.2) is 36.4 Å². The maximum Gasteiger partial charge on any atom is 0.376 e. The topological polar surface area (TPSA) is 152 Å². The van der Waals surface area contributed by atoms with Crippen LogP contribution in [0.2, 0.25) is 6.82 Å². The van der Waals surface area contributed by atoms with Crippen LogP contribution in [0, 0.1) is 0 Å². The smallest absolute Gasteiger partial charge is 0.376 e. The van der Waals surface area contributed by atoms with Crippen LogP contribution in [0.25, 0.3) is 0 Å². The highest BCUT2D eigenvalue weighted by atomic mass is 16.5. The highest BCUT2D eigenvalue weighted by molar-refractivity contribution is 6.56. The number of hydrogen-bond donors (Lipinski definition) is 6. The van der Waals surface area contributed by atoms with Gasteiger partial charge in [0.15, 0.2) is 7.85 Å². The second kappa shape index (κ2) is 18.6. The molecule has 0 spiro atoms. The lowest BCUT2D eigenvalue weighted by Gasteiger charge is -2.32. The van der Waals surface area contributed by atoms with Crippen molar-refractivity contribution in [3.05, 3.63) is 47.5 Å². The van der Waals surface area contributed by atoms with Gasteiger partial charge in [-0.25, -0.2) is 0 Å². The van der Waals surface area contributed by atoms with E-state index in [0.717, 1.165) is 67.8 Å². The summed E-state index contributed by atoms with van der Waals surface area (Å²) in [4.78, 5) is 11.1. The van der Waals surface area contributed by atoms with Crippen LogP contribution < -0.4 is 14.8 Å². The molecule has 2 aliphatic heterocycles. The van der Waals surface area contributed by atoms with Crippen LogP contribution in [-0.2, 0) is 17.6 Å². The number of aryl methyl sites for hydroxylation is 2. The molecule has 2 heterocycles. The molecule has 2 aromatic rings. The van der Waals surface area contributed by atoms with E-state index in [0.29, 0.717) is 19.5 Å². The number of nitrogens with one attached hydrogen (secondary N) is 1. The van der Waals surface area contributed by atoms with Crippen molar-refractivity contribution < 1.29 is 39.7 Å². The first kappa shape index (κ1) is 34.4. The first-order valence-corrected chi connectivity index (χ1v) is 14.2. The van der Waals surface area contributed by atoms with Gasteiger partial charge in [0, 0.05) is 38.4 Å². The van der Waals surface area contributed by atoms with E-state index in [9.17, 15) is 20.0 Å². The summed E-state index contributed by atoms with van der Waals surface area (Å²) in [5, 5.41) is 49.5. The molecule has 10 nitrogen and oxygen atoms in total. The summed E-state index contributed by atoms with van der Waals surface area (Å²) in [6.07, 6.45) is 5.33. The number of carbonyl (C=O) groups excluding carboxylic acids is 1. The lowest BCUT2D eigenvalue weighted by Crippen LogP contribution is -2.45. The number of hydrogen-bond acceptors (Lipinski definition) is 10. The zero-order valence-corrected chi connectivity index (χ0v) is 24.2. The van der Waals surface area contributed by atoms with Gasteiger partial charge < -0.3 is 49.8 Å². The number of phenols is 2. The van der Waals surface area contributed by atoms with E-state index >= 15 is 0 Å². The monoisotopic (exact) mass is 570 g/mol. The summed E-state index contributed by atoms with van der Waals surface area (Å²) in [5.74, 6) is 1.98. The van der Waals surface area contributed by atoms with E-state index in [4.69, 9.17) is 19.7 Å². The van der Waals surface area contributed by atoms with Crippen molar-refractivity contribution in [1.82, 2.24) is 10.1 Å². The van der Waals surface area contributed by atoms with Crippen LogP contribution in [0.4, 0.5) is 0 Å². The maximum atomic E-state index is 9.76. The van der Waals surface area contributed by atoms with Crippen molar-refractivity contribution >= 4 is 20.6 Å². The Morgan fingerprint density at radius 2 is 1.49 bits per heavy atom. The summed E-state index contributed by atoms with van der Waals surface area (Å²) in [5.41, 5.74) is 1.94. The minimum Gasteiger partial charge on any atom is -0.508 e. The molecule has 2 aromatic carbocycles. The van der Waals surface area contributed by atoms with Gasteiger partial charge in [0.2, 0.25) is 0 Å². The number of aliphatic hydroxyl groups is 2. The largest absolute Gasteiger partial charge is 0.508 e. The summed E-state index contributed by atoms with van der Waals surface area (Å²) in [6, 6.07) is 10.5. The molecule has 0 amide bonds. The molecule has 12 heteroatoms. The Labute approximate surface area is 244 Å². The van der Waals surface area contributed by atoms with Crippen molar-refractivity contribution in [2.24, 2.45) is 0 Å². The fourth-order valence-electron chi connectivity index (χ4n) is 4.53. The lowest BCUT2D eigenvalue weighted by molar-refractivity contribution is -0.109. The van der Waals surface area contributed by atoms with Gasteiger partial charge >= 0.3 is 7.05 Å². The molecule has 6 N–H and O–H groups in total. The van der Waals surface area contributed by atoms with Crippen molar-refractivity contribution in [1.29, 1.82) is 0 Å². The van der Waals surface area contributed by atoms with E-state index in [2.05, 4.69) is 13.2 Å². The predicted molar refractivity (Wildman–Crippen MR) is 160 cm³/mol. The minimum atomic E-state index is -0.560. The van der Waals surface area contributed by atoms with Crippen molar-refractivity contribution in [2.75, 3.05) is 39.4 Å². The van der Waals surface area contributed by atoms with Gasteiger partial charge in [-0.2, -0.15) is 0 Å². The molecule has 0 aliphatic carbocycles. The molecule has 224 valence electrons. The molecule has 0 aromatic heterocycles. The van der Waals surface area contributed by atoms with E-state index in [1.54, 1.807) is 31.1 Å². The third kappa shape index (κ3) is 13.2. The third-order valence-corrected chi connectivity index (χ3v) is 6.61. The van der Waals surface area contributed by atoms with Crippen molar-refractivity contribution in [3.8, 4) is 23.0 Å². The van der Waals surface area contributed by atoms with Gasteiger partial charge in [0.25, 0.3) is 0 Å². The van der Waals surface area contributed by atoms with Crippen LogP contribution in [0.5, 0.6) is 23.0 Å². The highest BCUT2D eigenvalue weighted by Crippen LogP contribution is 2.32. The second-order valence-corrected chi connectivity index (χ2v) is 10.2. The molecule has 0 saturated heterocycles. The van der Waals surface area contributed by atoms with Crippen LogP contribution in [0.1, 0.15) is 43.7 Å². The van der Waals surface area contributed by atoms with Gasteiger partial charge in [0.05, 0.1) is 5.68 Å². The average Bonchev–Trinajstić information content (AvgIpc) is 2.93. The standard InChI is InChI=1S/C14H22BNO4.C13H19NO3.C2H3BO/c1-15(19)16(7-2-8-17)10-13-6-4-11-3-5-12(18)9-14(11)20-13;15-7-1-6-14-9-12-5-3-10-2-4-11(16)8-13(10)17-12;1-2(3)4/h3,5,9,13,17-19H,2,4,6-8,10H2,1H3;2,4,8,12,14-16H,1,3,5-7,9H2;1H3. The van der Waals surface area contributed by atoms with E-state index in [1.807, 2.05) is 16.9 Å². The lowest BCUT2D eigenvalue weighted by atomic mass is 9.84. The van der Waals surface area contributed by atoms with E-state index in [1.165, 1.54) is 6.92 Å². The molecule has 0 fully saturated rings. The molecular weight excluding hydrogens is 526 g/mol. The third-order valence-electron chi connectivity index (χ3n) is 6.61. The zero-order chi connectivity index (χ0) is 30.2. The van der Waals surface area contributed by atoms with Crippen molar-refractivity contribution in [3.63, 3.8) is 0 Å². The summed E-state index contributed by atoms with van der Waals surface area (Å²) >= 11 is 0. The quantitative estimate of drug-likeness (QED) is 0.174. The number of ether oxygens (including phenoxy) is 2. The Morgan fingerprint density at radius 1 is 0.976 bits per heavy atom. The Balaban J connectivity index is 0.000000256. The molecule has 2 unspecified atom stereocenters. The number of aliphatic hydroxyl groups excluding tert-OH is 2. The molecule has 2 radical (unpaired) electrons. The molecule has 41 heavy (non-hydrogen) atoms. The van der Waals surface area contributed by atoms with Gasteiger partial charge in [-0.05, 0) is 88.6 Å². The zero-order valence-electron chi connectivity index (χ0n) is 24.2. The fourth-order valence-corrected chi connectivity index (χ4v) is 4.53. The van der Waals surface area contributed by atoms with E-state index < -0.39 is 7.05 Å². The van der Waals surface area contributed by atoms with Crippen LogP contribution >= 0.6 is 0 Å². The second-order valence-electron chi connectivity index (χ2n) is 10.2. The number of carbonyl (C=O) groups is 1. The number of nitrogens with zero attached hydrogens (tertiary/aromatic N) is 1. The number of benzene rings is 2. The summed E-state index contributed by atoms with van der Waals surface area (Å²) < 4.78 is 11.7. The van der Waals surface area contributed by atoms with Crippen molar-refractivity contribution in [2.45, 2.75) is 64.5 Å². The molecule has 4 rings (SSSR count). The number of fused-ring (bicyclic) bond motifs is 2. The first-order valence-electron chi connectivity index (χ1n) is 14.2. The first-order chi connectivity index (χ1) is 19.6. The number of rotatable bonds is 11. The normalized spacial score (nSPS) is 16.9. The summed E-state index contributed by atoms with van der Waals surface area (Å²) in [6.45, 7) is 6.21. The maximum absolute atomic E-state index is 9.76.